The molecule has 2 aromatic rings. The summed E-state index contributed by atoms with van der Waals surface area (Å²) in [5.74, 6) is 0. The van der Waals surface area contributed by atoms with Gasteiger partial charge in [-0.25, -0.2) is 0 Å². The molecular formula is C25H23N3. The van der Waals surface area contributed by atoms with Crippen molar-refractivity contribution in [1.82, 2.24) is 4.98 Å². The van der Waals surface area contributed by atoms with Gasteiger partial charge in [0.25, 0.3) is 0 Å². The molecule has 0 amide bonds. The molecule has 4 rings (SSSR count). The summed E-state index contributed by atoms with van der Waals surface area (Å²) in [6.45, 7) is 12.7. The average molecular weight is 365 g/mol. The van der Waals surface area contributed by atoms with Crippen molar-refractivity contribution in [3.63, 3.8) is 0 Å². The van der Waals surface area contributed by atoms with Gasteiger partial charge in [0.15, 0.2) is 12.1 Å². The summed E-state index contributed by atoms with van der Waals surface area (Å²) in [6.07, 6.45) is 14.1. The molecule has 0 radical (unpaired) electrons. The van der Waals surface area contributed by atoms with E-state index >= 15 is 0 Å². The molecule has 0 fully saturated rings. The Labute approximate surface area is 166 Å². The molecule has 0 saturated heterocycles. The molecule has 2 aliphatic rings. The molecule has 0 aliphatic carbocycles. The van der Waals surface area contributed by atoms with E-state index < -0.39 is 0 Å². The van der Waals surface area contributed by atoms with E-state index in [0.29, 0.717) is 0 Å². The number of rotatable bonds is 3. The molecular weight excluding hydrogens is 342 g/mol. The second-order valence-electron chi connectivity index (χ2n) is 7.09. The van der Waals surface area contributed by atoms with E-state index in [1.807, 2.05) is 51.9 Å². The van der Waals surface area contributed by atoms with Gasteiger partial charge in [-0.3, -0.25) is 14.1 Å². The molecule has 0 bridgehead atoms. The van der Waals surface area contributed by atoms with Gasteiger partial charge in [-0.05, 0) is 26.0 Å². The van der Waals surface area contributed by atoms with Crippen molar-refractivity contribution in [3.8, 4) is 0 Å². The summed E-state index contributed by atoms with van der Waals surface area (Å²) < 4.78 is 3.80. The molecule has 2 aliphatic heterocycles. The van der Waals surface area contributed by atoms with Crippen LogP contribution < -0.4 is 0 Å². The van der Waals surface area contributed by atoms with Crippen molar-refractivity contribution in [1.29, 1.82) is 0 Å². The van der Waals surface area contributed by atoms with E-state index in [0.717, 1.165) is 29.0 Å². The molecule has 3 nitrogen and oxygen atoms in total. The van der Waals surface area contributed by atoms with Crippen LogP contribution in [0.2, 0.25) is 0 Å². The lowest BCUT2D eigenvalue weighted by atomic mass is 9.91. The van der Waals surface area contributed by atoms with E-state index in [4.69, 9.17) is 0 Å². The van der Waals surface area contributed by atoms with Crippen LogP contribution in [0.4, 0.5) is 0 Å². The number of aryl methyl sites for hydroxylation is 2. The Hall–Kier alpha value is -3.59. The molecule has 0 saturated carbocycles. The second kappa shape index (κ2) is 7.20. The highest BCUT2D eigenvalue weighted by atomic mass is 15.1. The van der Waals surface area contributed by atoms with Crippen LogP contribution in [0.15, 0.2) is 79.2 Å². The first-order valence-electron chi connectivity index (χ1n) is 9.26. The van der Waals surface area contributed by atoms with Crippen LogP contribution in [0.25, 0.3) is 11.3 Å². The standard InChI is InChI=1S/C25H23N3/c1-18-13-19(2)15-20(14-18)21-16-24(22-9-5-7-11-26-22)28(4)25(17-21)23-10-6-8-12-27(23)3/h5-17H,3-4H2,1-2H3. The Morgan fingerprint density at radius 3 is 2.43 bits per heavy atom. The van der Waals surface area contributed by atoms with Crippen LogP contribution in [-0.4, -0.2) is 27.6 Å². The van der Waals surface area contributed by atoms with Gasteiger partial charge in [0, 0.05) is 6.20 Å². The number of hydrogen-bond donors (Lipinski definition) is 0. The van der Waals surface area contributed by atoms with E-state index in [1.54, 1.807) is 0 Å². The molecule has 0 unspecified atom stereocenters. The minimum atomic E-state index is 0.886. The van der Waals surface area contributed by atoms with Crippen LogP contribution in [0.3, 0.4) is 0 Å². The van der Waals surface area contributed by atoms with Gasteiger partial charge in [0.1, 0.15) is 5.70 Å². The monoisotopic (exact) mass is 365 g/mol. The molecule has 0 spiro atoms. The van der Waals surface area contributed by atoms with Crippen LogP contribution in [0, 0.1) is 25.9 Å². The molecule has 3 heteroatoms. The number of benzene rings is 1. The summed E-state index contributed by atoms with van der Waals surface area (Å²) in [5, 5.41) is 0. The number of pyridine rings is 1. The first-order chi connectivity index (χ1) is 13.5. The Morgan fingerprint density at radius 2 is 1.75 bits per heavy atom. The molecule has 3 heterocycles. The fraction of sp³-hybridized carbons (Fsp3) is 0.0800. The van der Waals surface area contributed by atoms with Crippen LogP contribution in [0.5, 0.6) is 0 Å². The van der Waals surface area contributed by atoms with Crippen LogP contribution in [0.1, 0.15) is 22.4 Å². The van der Waals surface area contributed by atoms with Crippen molar-refractivity contribution >= 4 is 24.7 Å². The van der Waals surface area contributed by atoms with Gasteiger partial charge in [0.05, 0.1) is 25.3 Å². The third kappa shape index (κ3) is 3.35. The highest BCUT2D eigenvalue weighted by molar-refractivity contribution is 5.85. The van der Waals surface area contributed by atoms with E-state index in [1.165, 1.54) is 16.7 Å². The largest absolute Gasteiger partial charge is 0.298 e. The maximum Gasteiger partial charge on any atom is 0.152 e. The predicted octanol–water partition coefficient (Wildman–Crippen LogP) is 4.71. The molecule has 1 aromatic carbocycles. The van der Waals surface area contributed by atoms with Gasteiger partial charge < -0.3 is 0 Å². The predicted molar refractivity (Wildman–Crippen MR) is 116 cm³/mol. The summed E-state index contributed by atoms with van der Waals surface area (Å²) >= 11 is 0. The fourth-order valence-electron chi connectivity index (χ4n) is 3.58. The Balaban J connectivity index is 1.86. The van der Waals surface area contributed by atoms with E-state index in [9.17, 15) is 0 Å². The molecule has 28 heavy (non-hydrogen) atoms. The van der Waals surface area contributed by atoms with E-state index in [-0.39, 0.29) is 0 Å². The van der Waals surface area contributed by atoms with Crippen molar-refractivity contribution in [2.24, 2.45) is 0 Å². The third-order valence-electron chi connectivity index (χ3n) is 4.85. The topological polar surface area (TPSA) is 18.9 Å². The third-order valence-corrected chi connectivity index (χ3v) is 4.85. The smallest absolute Gasteiger partial charge is 0.152 e. The highest BCUT2D eigenvalue weighted by Crippen LogP contribution is 2.37. The average Bonchev–Trinajstić information content (AvgIpc) is 2.69. The SMILES string of the molecule is C=[N+]1C=CC=C[C-]1[C-]1C=C(c2cc(C)cc(C)c2)C=C(c2ccccn2)[N+]1=C. The van der Waals surface area contributed by atoms with Gasteiger partial charge >= 0.3 is 0 Å². The Kier molecular flexibility index (Phi) is 4.58. The molecule has 1 aromatic heterocycles. The number of aromatic nitrogens is 1. The van der Waals surface area contributed by atoms with Gasteiger partial charge in [-0.1, -0.05) is 70.8 Å². The number of allylic oxidation sites excluding steroid dienone is 4. The zero-order valence-corrected chi connectivity index (χ0v) is 16.3. The Bertz CT molecular complexity index is 1050. The fourth-order valence-corrected chi connectivity index (χ4v) is 3.58. The van der Waals surface area contributed by atoms with Gasteiger partial charge in [-0.15, -0.1) is 6.08 Å². The lowest BCUT2D eigenvalue weighted by Gasteiger charge is -2.31. The number of nitrogens with zero attached hydrogens (tertiary/aromatic N) is 3. The van der Waals surface area contributed by atoms with Crippen LogP contribution >= 0.6 is 0 Å². The van der Waals surface area contributed by atoms with Crippen molar-refractivity contribution in [2.45, 2.75) is 13.8 Å². The summed E-state index contributed by atoms with van der Waals surface area (Å²) in [6, 6.07) is 14.5. The van der Waals surface area contributed by atoms with Gasteiger partial charge in [0.2, 0.25) is 0 Å². The summed E-state index contributed by atoms with van der Waals surface area (Å²) in [5.41, 5.74) is 6.64. The van der Waals surface area contributed by atoms with E-state index in [2.05, 4.69) is 68.7 Å². The summed E-state index contributed by atoms with van der Waals surface area (Å²) in [4.78, 5) is 4.55. The Morgan fingerprint density at radius 1 is 0.964 bits per heavy atom. The van der Waals surface area contributed by atoms with Gasteiger partial charge in [-0.2, -0.15) is 0 Å². The lowest BCUT2D eigenvalue weighted by molar-refractivity contribution is -0.482. The molecule has 138 valence electrons. The molecule has 0 atom stereocenters. The van der Waals surface area contributed by atoms with Crippen molar-refractivity contribution in [3.05, 3.63) is 114 Å². The normalized spacial score (nSPS) is 16.4. The maximum atomic E-state index is 4.55. The van der Waals surface area contributed by atoms with Crippen LogP contribution in [-0.2, 0) is 0 Å². The quantitative estimate of drug-likeness (QED) is 0.569. The zero-order valence-electron chi connectivity index (χ0n) is 16.3. The maximum absolute atomic E-state index is 4.55. The minimum absolute atomic E-state index is 0.886. The van der Waals surface area contributed by atoms with Crippen molar-refractivity contribution in [2.75, 3.05) is 0 Å². The summed E-state index contributed by atoms with van der Waals surface area (Å²) in [7, 11) is 0. The lowest BCUT2D eigenvalue weighted by Crippen LogP contribution is -2.29. The number of hydrogen-bond acceptors (Lipinski definition) is 1. The molecule has 0 N–H and O–H groups in total. The van der Waals surface area contributed by atoms with Crippen molar-refractivity contribution < 1.29 is 9.15 Å². The second-order valence-corrected chi connectivity index (χ2v) is 7.09. The highest BCUT2D eigenvalue weighted by Gasteiger charge is 2.31. The minimum Gasteiger partial charge on any atom is -0.298 e. The zero-order chi connectivity index (χ0) is 19.7. The first kappa shape index (κ1) is 17.8. The first-order valence-corrected chi connectivity index (χ1v) is 9.26.